The van der Waals surface area contributed by atoms with E-state index in [0.717, 1.165) is 56.8 Å². The molecule has 1 aliphatic carbocycles. The standard InChI is InChI=1S/C18H26N2O2S/c1-23-13-14-5-7-15(8-6-14)18(22)20-11-9-19(10-12-20)16-3-2-4-17(16)21/h5-8,16-17,21H,2-4,9-13H2,1H3/t16-,17+/m0/s1. The summed E-state index contributed by atoms with van der Waals surface area (Å²) in [5, 5.41) is 10.0. The number of rotatable bonds is 4. The number of aliphatic hydroxyl groups is 1. The van der Waals surface area contributed by atoms with Crippen molar-refractivity contribution in [3.8, 4) is 0 Å². The Balaban J connectivity index is 1.55. The minimum atomic E-state index is -0.179. The summed E-state index contributed by atoms with van der Waals surface area (Å²) in [5.74, 6) is 1.11. The Kier molecular flexibility index (Phi) is 5.62. The maximum absolute atomic E-state index is 12.6. The third-order valence-corrected chi connectivity index (χ3v) is 5.65. The zero-order valence-electron chi connectivity index (χ0n) is 13.8. The number of nitrogens with zero attached hydrogens (tertiary/aromatic N) is 2. The Labute approximate surface area is 142 Å². The van der Waals surface area contributed by atoms with E-state index in [1.807, 2.05) is 17.0 Å². The van der Waals surface area contributed by atoms with Gasteiger partial charge in [0.05, 0.1) is 6.10 Å². The fourth-order valence-electron chi connectivity index (χ4n) is 3.70. The van der Waals surface area contributed by atoms with Crippen molar-refractivity contribution in [3.63, 3.8) is 0 Å². The van der Waals surface area contributed by atoms with Crippen LogP contribution in [0.1, 0.15) is 35.2 Å². The Morgan fingerprint density at radius 1 is 1.17 bits per heavy atom. The van der Waals surface area contributed by atoms with E-state index in [4.69, 9.17) is 0 Å². The SMILES string of the molecule is CSCc1ccc(C(=O)N2CCN([C@H]3CCC[C@H]3O)CC2)cc1. The molecule has 1 aromatic carbocycles. The van der Waals surface area contributed by atoms with Crippen LogP contribution in [0, 0.1) is 0 Å². The molecular formula is C18H26N2O2S. The molecular weight excluding hydrogens is 308 g/mol. The van der Waals surface area contributed by atoms with Crippen molar-refractivity contribution >= 4 is 17.7 Å². The molecule has 1 N–H and O–H groups in total. The normalized spacial score (nSPS) is 25.7. The van der Waals surface area contributed by atoms with Crippen molar-refractivity contribution in [2.24, 2.45) is 0 Å². The summed E-state index contributed by atoms with van der Waals surface area (Å²) in [4.78, 5) is 16.9. The second-order valence-corrected chi connectivity index (χ2v) is 7.39. The molecule has 1 saturated carbocycles. The van der Waals surface area contributed by atoms with Gasteiger partial charge in [-0.05, 0) is 43.2 Å². The molecule has 1 heterocycles. The quantitative estimate of drug-likeness (QED) is 0.917. The van der Waals surface area contributed by atoms with Gasteiger partial charge in [0.15, 0.2) is 0 Å². The third-order valence-electron chi connectivity index (χ3n) is 5.03. The van der Waals surface area contributed by atoms with E-state index in [1.165, 1.54) is 5.56 Å². The van der Waals surface area contributed by atoms with Crippen LogP contribution < -0.4 is 0 Å². The van der Waals surface area contributed by atoms with Crippen molar-refractivity contribution in [2.45, 2.75) is 37.2 Å². The largest absolute Gasteiger partial charge is 0.391 e. The Hall–Kier alpha value is -1.04. The van der Waals surface area contributed by atoms with Gasteiger partial charge in [-0.3, -0.25) is 9.69 Å². The summed E-state index contributed by atoms with van der Waals surface area (Å²) < 4.78 is 0. The molecule has 1 saturated heterocycles. The molecule has 2 aliphatic rings. The number of aliphatic hydroxyl groups excluding tert-OH is 1. The highest BCUT2D eigenvalue weighted by Gasteiger charge is 2.33. The van der Waals surface area contributed by atoms with Gasteiger partial charge >= 0.3 is 0 Å². The van der Waals surface area contributed by atoms with E-state index in [1.54, 1.807) is 11.8 Å². The van der Waals surface area contributed by atoms with E-state index in [-0.39, 0.29) is 12.0 Å². The van der Waals surface area contributed by atoms with Crippen molar-refractivity contribution in [2.75, 3.05) is 32.4 Å². The number of piperazine rings is 1. The molecule has 1 amide bonds. The lowest BCUT2D eigenvalue weighted by Gasteiger charge is -2.39. The summed E-state index contributed by atoms with van der Waals surface area (Å²) in [6.07, 6.45) is 5.03. The maximum atomic E-state index is 12.6. The van der Waals surface area contributed by atoms with Crippen molar-refractivity contribution in [3.05, 3.63) is 35.4 Å². The number of amides is 1. The summed E-state index contributed by atoms with van der Waals surface area (Å²) in [6.45, 7) is 3.26. The molecule has 2 fully saturated rings. The summed E-state index contributed by atoms with van der Waals surface area (Å²) in [6, 6.07) is 8.30. The smallest absolute Gasteiger partial charge is 0.253 e. The number of thioether (sulfide) groups is 1. The van der Waals surface area contributed by atoms with Crippen molar-refractivity contribution < 1.29 is 9.90 Å². The monoisotopic (exact) mass is 334 g/mol. The molecule has 126 valence electrons. The van der Waals surface area contributed by atoms with Gasteiger partial charge in [0.25, 0.3) is 5.91 Å². The van der Waals surface area contributed by atoms with E-state index in [9.17, 15) is 9.90 Å². The number of benzene rings is 1. The fourth-order valence-corrected chi connectivity index (χ4v) is 4.22. The molecule has 0 unspecified atom stereocenters. The van der Waals surface area contributed by atoms with Gasteiger partial charge in [-0.15, -0.1) is 0 Å². The molecule has 0 bridgehead atoms. The lowest BCUT2D eigenvalue weighted by molar-refractivity contribution is 0.0315. The average molecular weight is 334 g/mol. The van der Waals surface area contributed by atoms with Crippen molar-refractivity contribution in [1.29, 1.82) is 0 Å². The maximum Gasteiger partial charge on any atom is 0.253 e. The first kappa shape index (κ1) is 16.8. The van der Waals surface area contributed by atoms with Gasteiger partial charge in [0.1, 0.15) is 0 Å². The lowest BCUT2D eigenvalue weighted by Crippen LogP contribution is -2.53. The van der Waals surface area contributed by atoms with Gasteiger partial charge in [-0.2, -0.15) is 11.8 Å². The van der Waals surface area contributed by atoms with Crippen LogP contribution >= 0.6 is 11.8 Å². The minimum Gasteiger partial charge on any atom is -0.391 e. The van der Waals surface area contributed by atoms with E-state index in [2.05, 4.69) is 23.3 Å². The predicted molar refractivity (Wildman–Crippen MR) is 94.8 cm³/mol. The first-order valence-corrected chi connectivity index (χ1v) is 9.87. The number of hydrogen-bond donors (Lipinski definition) is 1. The fraction of sp³-hybridized carbons (Fsp3) is 0.611. The van der Waals surface area contributed by atoms with Gasteiger partial charge < -0.3 is 10.0 Å². The van der Waals surface area contributed by atoms with Gasteiger partial charge in [0.2, 0.25) is 0 Å². The highest BCUT2D eigenvalue weighted by Crippen LogP contribution is 2.25. The van der Waals surface area contributed by atoms with Crippen LogP contribution in [0.5, 0.6) is 0 Å². The van der Waals surface area contributed by atoms with Gasteiger partial charge in [-0.1, -0.05) is 12.1 Å². The van der Waals surface area contributed by atoms with Gasteiger partial charge in [-0.25, -0.2) is 0 Å². The zero-order valence-corrected chi connectivity index (χ0v) is 14.6. The number of carbonyl (C=O) groups excluding carboxylic acids is 1. The lowest BCUT2D eigenvalue weighted by atomic mass is 10.1. The van der Waals surface area contributed by atoms with Crippen LogP contribution in [-0.4, -0.2) is 65.4 Å². The van der Waals surface area contributed by atoms with Crippen LogP contribution in [0.25, 0.3) is 0 Å². The topological polar surface area (TPSA) is 43.8 Å². The Morgan fingerprint density at radius 3 is 2.43 bits per heavy atom. The van der Waals surface area contributed by atoms with E-state index < -0.39 is 0 Å². The summed E-state index contributed by atoms with van der Waals surface area (Å²) in [5.41, 5.74) is 2.04. The van der Waals surface area contributed by atoms with Crippen LogP contribution in [-0.2, 0) is 5.75 Å². The molecule has 0 spiro atoms. The molecule has 23 heavy (non-hydrogen) atoms. The average Bonchev–Trinajstić information content (AvgIpc) is 3.01. The van der Waals surface area contributed by atoms with E-state index in [0.29, 0.717) is 6.04 Å². The Bertz CT molecular complexity index is 526. The second kappa shape index (κ2) is 7.69. The minimum absolute atomic E-state index is 0.132. The molecule has 4 nitrogen and oxygen atoms in total. The molecule has 2 atom stereocenters. The van der Waals surface area contributed by atoms with Crippen molar-refractivity contribution in [1.82, 2.24) is 9.80 Å². The predicted octanol–water partition coefficient (Wildman–Crippen LogP) is 2.22. The molecule has 3 rings (SSSR count). The van der Waals surface area contributed by atoms with E-state index >= 15 is 0 Å². The van der Waals surface area contributed by atoms with Crippen LogP contribution in [0.2, 0.25) is 0 Å². The number of carbonyl (C=O) groups is 1. The third kappa shape index (κ3) is 3.90. The van der Waals surface area contributed by atoms with Gasteiger partial charge in [0, 0.05) is 43.5 Å². The first-order chi connectivity index (χ1) is 11.2. The molecule has 1 aliphatic heterocycles. The van der Waals surface area contributed by atoms with Crippen LogP contribution in [0.15, 0.2) is 24.3 Å². The molecule has 1 aromatic rings. The summed E-state index contributed by atoms with van der Waals surface area (Å²) in [7, 11) is 0. The highest BCUT2D eigenvalue weighted by molar-refractivity contribution is 7.97. The zero-order chi connectivity index (χ0) is 16.2. The highest BCUT2D eigenvalue weighted by atomic mass is 32.2. The van der Waals surface area contributed by atoms with Crippen LogP contribution in [0.3, 0.4) is 0 Å². The second-order valence-electron chi connectivity index (χ2n) is 6.52. The van der Waals surface area contributed by atoms with Crippen LogP contribution in [0.4, 0.5) is 0 Å². The number of hydrogen-bond acceptors (Lipinski definition) is 4. The molecule has 0 radical (unpaired) electrons. The summed E-state index contributed by atoms with van der Waals surface area (Å²) >= 11 is 1.79. The first-order valence-electron chi connectivity index (χ1n) is 8.48. The molecule has 5 heteroatoms. The molecule has 0 aromatic heterocycles. The Morgan fingerprint density at radius 2 is 1.87 bits per heavy atom.